The Kier molecular flexibility index (Phi) is 6.97. The number of carboxylic acid groups (broad SMARTS) is 1. The molecule has 0 saturated carbocycles. The smallest absolute Gasteiger partial charge is 0.340 e. The summed E-state index contributed by atoms with van der Waals surface area (Å²) in [6.07, 6.45) is 1.22. The number of aryl methyl sites for hydroxylation is 2. The normalized spacial score (nSPS) is 10.6. The molecule has 0 spiro atoms. The van der Waals surface area contributed by atoms with Crippen molar-refractivity contribution in [3.8, 4) is 17.2 Å². The van der Waals surface area contributed by atoms with Crippen LogP contribution in [0.3, 0.4) is 0 Å². The average molecular weight is 386 g/mol. The summed E-state index contributed by atoms with van der Waals surface area (Å²) in [6.45, 7) is 3.59. The summed E-state index contributed by atoms with van der Waals surface area (Å²) in [7, 11) is 2.75. The maximum Gasteiger partial charge on any atom is 0.340 e. The highest BCUT2D eigenvalue weighted by molar-refractivity contribution is 6.02. The summed E-state index contributed by atoms with van der Waals surface area (Å²) in [6, 6.07) is 8.76. The number of ether oxygens (including phenoxy) is 3. The number of hydrazone groups is 1. The molecule has 2 N–H and O–H groups in total. The van der Waals surface area contributed by atoms with Crippen molar-refractivity contribution in [2.75, 3.05) is 20.8 Å². The molecule has 1 amide bonds. The number of hydrogen-bond acceptors (Lipinski definition) is 6. The van der Waals surface area contributed by atoms with Crippen LogP contribution in [0.25, 0.3) is 0 Å². The van der Waals surface area contributed by atoms with E-state index in [0.717, 1.165) is 11.1 Å². The first-order valence-corrected chi connectivity index (χ1v) is 8.37. The third kappa shape index (κ3) is 5.00. The van der Waals surface area contributed by atoms with E-state index >= 15 is 0 Å². The molecular formula is C20H22N2O6. The molecule has 8 heteroatoms. The van der Waals surface area contributed by atoms with E-state index in [0.29, 0.717) is 5.75 Å². The summed E-state index contributed by atoms with van der Waals surface area (Å²) < 4.78 is 15.7. The van der Waals surface area contributed by atoms with Crippen molar-refractivity contribution in [1.82, 2.24) is 5.43 Å². The summed E-state index contributed by atoms with van der Waals surface area (Å²) in [5.74, 6) is -0.713. The number of nitrogens with one attached hydrogen (secondary N) is 1. The molecule has 2 aromatic rings. The van der Waals surface area contributed by atoms with E-state index in [1.807, 2.05) is 32.0 Å². The number of rotatable bonds is 8. The van der Waals surface area contributed by atoms with E-state index in [2.05, 4.69) is 10.5 Å². The molecule has 0 saturated heterocycles. The first-order valence-electron chi connectivity index (χ1n) is 8.37. The zero-order valence-electron chi connectivity index (χ0n) is 16.1. The number of carbonyl (C=O) groups is 2. The van der Waals surface area contributed by atoms with Crippen LogP contribution in [-0.4, -0.2) is 44.0 Å². The molecule has 0 aliphatic carbocycles. The number of nitrogens with zero attached hydrogens (tertiary/aromatic N) is 1. The molecule has 0 aliphatic rings. The van der Waals surface area contributed by atoms with Gasteiger partial charge in [0.1, 0.15) is 11.3 Å². The van der Waals surface area contributed by atoms with Crippen LogP contribution in [0.2, 0.25) is 0 Å². The number of amides is 1. The first-order chi connectivity index (χ1) is 13.4. The maximum atomic E-state index is 11.9. The summed E-state index contributed by atoms with van der Waals surface area (Å²) in [5.41, 5.74) is 4.38. The van der Waals surface area contributed by atoms with E-state index in [4.69, 9.17) is 14.2 Å². The highest BCUT2D eigenvalue weighted by Crippen LogP contribution is 2.32. The average Bonchev–Trinajstić information content (AvgIpc) is 2.67. The molecule has 0 aromatic heterocycles. The van der Waals surface area contributed by atoms with E-state index in [1.54, 1.807) is 6.07 Å². The SMILES string of the molecule is COc1ccc(/C=N\NC(=O)COc2cc(C)ccc2C)c(C(=O)O)c1OC. The van der Waals surface area contributed by atoms with Gasteiger partial charge in [-0.3, -0.25) is 4.79 Å². The van der Waals surface area contributed by atoms with Crippen molar-refractivity contribution in [2.24, 2.45) is 5.10 Å². The summed E-state index contributed by atoms with van der Waals surface area (Å²) in [5, 5.41) is 13.3. The van der Waals surface area contributed by atoms with Crippen LogP contribution in [0.15, 0.2) is 35.4 Å². The Morgan fingerprint density at radius 3 is 2.50 bits per heavy atom. The molecule has 2 rings (SSSR count). The summed E-state index contributed by atoms with van der Waals surface area (Å²) in [4.78, 5) is 23.5. The fourth-order valence-electron chi connectivity index (χ4n) is 2.48. The molecule has 0 radical (unpaired) electrons. The van der Waals surface area contributed by atoms with Gasteiger partial charge in [-0.05, 0) is 43.2 Å². The molecular weight excluding hydrogens is 364 g/mol. The van der Waals surface area contributed by atoms with Crippen molar-refractivity contribution < 1.29 is 28.9 Å². The molecule has 0 bridgehead atoms. The minimum Gasteiger partial charge on any atom is -0.493 e. The third-order valence-electron chi connectivity index (χ3n) is 3.89. The van der Waals surface area contributed by atoms with Crippen LogP contribution in [0, 0.1) is 13.8 Å². The largest absolute Gasteiger partial charge is 0.493 e. The number of aromatic carboxylic acids is 1. The Hall–Kier alpha value is -3.55. The predicted octanol–water partition coefficient (Wildman–Crippen LogP) is 2.55. The van der Waals surface area contributed by atoms with Gasteiger partial charge < -0.3 is 19.3 Å². The number of carbonyl (C=O) groups excluding carboxylic acids is 1. The van der Waals surface area contributed by atoms with Gasteiger partial charge in [-0.25, -0.2) is 10.2 Å². The van der Waals surface area contributed by atoms with Crippen LogP contribution < -0.4 is 19.6 Å². The van der Waals surface area contributed by atoms with Crippen molar-refractivity contribution >= 4 is 18.1 Å². The molecule has 8 nitrogen and oxygen atoms in total. The lowest BCUT2D eigenvalue weighted by molar-refractivity contribution is -0.123. The lowest BCUT2D eigenvalue weighted by Gasteiger charge is -2.12. The Bertz CT molecular complexity index is 908. The van der Waals surface area contributed by atoms with Crippen molar-refractivity contribution in [1.29, 1.82) is 0 Å². The molecule has 0 unspecified atom stereocenters. The van der Waals surface area contributed by atoms with Crippen LogP contribution in [0.1, 0.15) is 27.0 Å². The quantitative estimate of drug-likeness (QED) is 0.533. The maximum absolute atomic E-state index is 11.9. The number of methoxy groups -OCH3 is 2. The number of benzene rings is 2. The highest BCUT2D eigenvalue weighted by Gasteiger charge is 2.20. The van der Waals surface area contributed by atoms with Gasteiger partial charge in [0.15, 0.2) is 18.1 Å². The van der Waals surface area contributed by atoms with Gasteiger partial charge in [0, 0.05) is 5.56 Å². The second-order valence-corrected chi connectivity index (χ2v) is 5.92. The van der Waals surface area contributed by atoms with Gasteiger partial charge in [-0.2, -0.15) is 5.10 Å². The molecule has 148 valence electrons. The van der Waals surface area contributed by atoms with Gasteiger partial charge in [0.05, 0.1) is 20.4 Å². The second kappa shape index (κ2) is 9.40. The van der Waals surface area contributed by atoms with Crippen LogP contribution >= 0.6 is 0 Å². The fraction of sp³-hybridized carbons (Fsp3) is 0.250. The van der Waals surface area contributed by atoms with Crippen molar-refractivity contribution in [3.05, 3.63) is 52.6 Å². The van der Waals surface area contributed by atoms with Gasteiger partial charge in [0.2, 0.25) is 0 Å². The fourth-order valence-corrected chi connectivity index (χ4v) is 2.48. The van der Waals surface area contributed by atoms with Gasteiger partial charge in [0.25, 0.3) is 5.91 Å². The number of hydrogen-bond donors (Lipinski definition) is 2. The molecule has 0 heterocycles. The Morgan fingerprint density at radius 2 is 1.86 bits per heavy atom. The third-order valence-corrected chi connectivity index (χ3v) is 3.89. The van der Waals surface area contributed by atoms with E-state index < -0.39 is 11.9 Å². The lowest BCUT2D eigenvalue weighted by atomic mass is 10.1. The van der Waals surface area contributed by atoms with E-state index in [9.17, 15) is 14.7 Å². The Labute approximate surface area is 162 Å². The minimum atomic E-state index is -1.21. The van der Waals surface area contributed by atoms with Crippen molar-refractivity contribution in [3.63, 3.8) is 0 Å². The summed E-state index contributed by atoms with van der Waals surface area (Å²) >= 11 is 0. The monoisotopic (exact) mass is 386 g/mol. The van der Waals surface area contributed by atoms with Crippen molar-refractivity contribution in [2.45, 2.75) is 13.8 Å². The Morgan fingerprint density at radius 1 is 1.11 bits per heavy atom. The molecule has 2 aromatic carbocycles. The molecule has 28 heavy (non-hydrogen) atoms. The van der Waals surface area contributed by atoms with Crippen LogP contribution in [0.4, 0.5) is 0 Å². The van der Waals surface area contributed by atoms with Crippen LogP contribution in [-0.2, 0) is 4.79 Å². The molecule has 0 aliphatic heterocycles. The number of carboxylic acids is 1. The van der Waals surface area contributed by atoms with E-state index in [-0.39, 0.29) is 29.2 Å². The van der Waals surface area contributed by atoms with Gasteiger partial charge >= 0.3 is 5.97 Å². The predicted molar refractivity (Wildman–Crippen MR) is 104 cm³/mol. The second-order valence-electron chi connectivity index (χ2n) is 5.92. The zero-order valence-corrected chi connectivity index (χ0v) is 16.1. The zero-order chi connectivity index (χ0) is 20.7. The minimum absolute atomic E-state index is 0.0727. The highest BCUT2D eigenvalue weighted by atomic mass is 16.5. The first kappa shape index (κ1) is 20.8. The molecule has 0 fully saturated rings. The topological polar surface area (TPSA) is 106 Å². The van der Waals surface area contributed by atoms with Crippen LogP contribution in [0.5, 0.6) is 17.2 Å². The van der Waals surface area contributed by atoms with Gasteiger partial charge in [-0.15, -0.1) is 0 Å². The van der Waals surface area contributed by atoms with E-state index in [1.165, 1.54) is 26.5 Å². The van der Waals surface area contributed by atoms with Gasteiger partial charge in [-0.1, -0.05) is 12.1 Å². The Balaban J connectivity index is 2.07. The molecule has 0 atom stereocenters. The standard InChI is InChI=1S/C20H22N2O6/c1-12-5-6-13(2)16(9-12)28-11-17(23)22-21-10-14-7-8-15(26-3)19(27-4)18(14)20(24)25/h5-10H,11H2,1-4H3,(H,22,23)(H,24,25)/b21-10-. The lowest BCUT2D eigenvalue weighted by Crippen LogP contribution is -2.25.